The molecule has 2 aromatic carbocycles. The molecule has 0 unspecified atom stereocenters. The molecule has 0 N–H and O–H groups in total. The van der Waals surface area contributed by atoms with Crippen molar-refractivity contribution in [2.75, 3.05) is 32.8 Å². The molecule has 1 fully saturated rings. The van der Waals surface area contributed by atoms with Gasteiger partial charge in [-0.05, 0) is 37.6 Å². The number of non-ortho nitro benzene ring substituents is 1. The van der Waals surface area contributed by atoms with Gasteiger partial charge in [-0.15, -0.1) is 0 Å². The Morgan fingerprint density at radius 1 is 1.07 bits per heavy atom. The fourth-order valence-electron chi connectivity index (χ4n) is 3.26. The predicted octanol–water partition coefficient (Wildman–Crippen LogP) is 2.12. The molecule has 1 heterocycles. The van der Waals surface area contributed by atoms with Gasteiger partial charge in [-0.25, -0.2) is 8.42 Å². The average molecular weight is 433 g/mol. The van der Waals surface area contributed by atoms with Crippen LogP contribution >= 0.6 is 0 Å². The summed E-state index contributed by atoms with van der Waals surface area (Å²) >= 11 is 0. The number of hydrogen-bond donors (Lipinski definition) is 0. The maximum atomic E-state index is 12.7. The van der Waals surface area contributed by atoms with Crippen LogP contribution in [0.1, 0.15) is 11.1 Å². The Morgan fingerprint density at radius 3 is 2.27 bits per heavy atom. The van der Waals surface area contributed by atoms with E-state index in [1.54, 1.807) is 4.90 Å². The highest BCUT2D eigenvalue weighted by Crippen LogP contribution is 2.21. The zero-order valence-corrected chi connectivity index (χ0v) is 17.6. The molecule has 0 saturated carbocycles. The smallest absolute Gasteiger partial charge is 0.269 e. The van der Waals surface area contributed by atoms with Gasteiger partial charge in [0.2, 0.25) is 10.0 Å². The first-order valence-corrected chi connectivity index (χ1v) is 10.8. The molecule has 10 heteroatoms. The summed E-state index contributed by atoms with van der Waals surface area (Å²) in [4.78, 5) is 24.2. The molecule has 3 rings (SSSR count). The third kappa shape index (κ3) is 4.77. The second kappa shape index (κ2) is 8.80. The zero-order chi connectivity index (χ0) is 21.9. The SMILES string of the molecule is Cc1ccc(OCC(=O)N2CCN(S(=O)(=O)c3ccc([N+](=O)[O-])cc3)CC2)c(C)c1. The lowest BCUT2D eigenvalue weighted by Crippen LogP contribution is -2.51. The van der Waals surface area contributed by atoms with Crippen molar-refractivity contribution in [3.63, 3.8) is 0 Å². The predicted molar refractivity (Wildman–Crippen MR) is 110 cm³/mol. The summed E-state index contributed by atoms with van der Waals surface area (Å²) < 4.78 is 32.4. The number of sulfonamides is 1. The van der Waals surface area contributed by atoms with Crippen molar-refractivity contribution in [1.29, 1.82) is 0 Å². The van der Waals surface area contributed by atoms with Gasteiger partial charge in [0, 0.05) is 38.3 Å². The molecule has 0 aliphatic carbocycles. The Labute approximate surface area is 175 Å². The summed E-state index contributed by atoms with van der Waals surface area (Å²) in [7, 11) is -3.78. The number of aryl methyl sites for hydroxylation is 2. The lowest BCUT2D eigenvalue weighted by atomic mass is 10.1. The summed E-state index contributed by atoms with van der Waals surface area (Å²) in [5.41, 5.74) is 1.88. The standard InChI is InChI=1S/C20H23N3O6S/c1-15-3-8-19(16(2)13-15)29-14-20(24)21-9-11-22(12-10-21)30(27,28)18-6-4-17(5-7-18)23(25)26/h3-8,13H,9-12,14H2,1-2H3. The molecule has 9 nitrogen and oxygen atoms in total. The lowest BCUT2D eigenvalue weighted by molar-refractivity contribution is -0.384. The molecule has 160 valence electrons. The van der Waals surface area contributed by atoms with Gasteiger partial charge in [-0.2, -0.15) is 4.31 Å². The molecular formula is C20H23N3O6S. The van der Waals surface area contributed by atoms with Crippen LogP contribution in [0.4, 0.5) is 5.69 Å². The minimum absolute atomic E-state index is 0.00828. The number of ether oxygens (including phenoxy) is 1. The second-order valence-electron chi connectivity index (χ2n) is 7.09. The van der Waals surface area contributed by atoms with Gasteiger partial charge in [0.15, 0.2) is 6.61 Å². The molecular weight excluding hydrogens is 410 g/mol. The molecule has 2 aromatic rings. The van der Waals surface area contributed by atoms with Crippen LogP contribution in [0.25, 0.3) is 0 Å². The maximum absolute atomic E-state index is 12.7. The highest BCUT2D eigenvalue weighted by molar-refractivity contribution is 7.89. The molecule has 30 heavy (non-hydrogen) atoms. The Kier molecular flexibility index (Phi) is 6.37. The molecule has 1 aliphatic heterocycles. The molecule has 1 aliphatic rings. The van der Waals surface area contributed by atoms with E-state index in [-0.39, 0.29) is 49.3 Å². The number of amides is 1. The van der Waals surface area contributed by atoms with E-state index in [9.17, 15) is 23.3 Å². The number of carbonyl (C=O) groups excluding carboxylic acids is 1. The summed E-state index contributed by atoms with van der Waals surface area (Å²) in [6, 6.07) is 10.5. The summed E-state index contributed by atoms with van der Waals surface area (Å²) in [6.07, 6.45) is 0. The van der Waals surface area contributed by atoms with Crippen LogP contribution in [0, 0.1) is 24.0 Å². The van der Waals surface area contributed by atoms with Gasteiger partial charge >= 0.3 is 0 Å². The second-order valence-corrected chi connectivity index (χ2v) is 9.03. The van der Waals surface area contributed by atoms with Crippen LogP contribution in [0.2, 0.25) is 0 Å². The lowest BCUT2D eigenvalue weighted by Gasteiger charge is -2.34. The highest BCUT2D eigenvalue weighted by atomic mass is 32.2. The van der Waals surface area contributed by atoms with Crippen LogP contribution in [0.5, 0.6) is 5.75 Å². The number of hydrogen-bond acceptors (Lipinski definition) is 6. The van der Waals surface area contributed by atoms with Gasteiger partial charge in [-0.1, -0.05) is 17.7 Å². The molecule has 0 radical (unpaired) electrons. The van der Waals surface area contributed by atoms with Gasteiger partial charge in [-0.3, -0.25) is 14.9 Å². The number of nitro groups is 1. The number of carbonyl (C=O) groups is 1. The first kappa shape index (κ1) is 21.7. The fourth-order valence-corrected chi connectivity index (χ4v) is 4.68. The average Bonchev–Trinajstić information content (AvgIpc) is 2.73. The van der Waals surface area contributed by atoms with E-state index < -0.39 is 14.9 Å². The van der Waals surface area contributed by atoms with Crippen molar-refractivity contribution in [1.82, 2.24) is 9.21 Å². The fraction of sp³-hybridized carbons (Fsp3) is 0.350. The number of nitro benzene ring substituents is 1. The Balaban J connectivity index is 1.56. The van der Waals surface area contributed by atoms with Gasteiger partial charge < -0.3 is 9.64 Å². The first-order valence-electron chi connectivity index (χ1n) is 9.41. The largest absolute Gasteiger partial charge is 0.484 e. The Morgan fingerprint density at radius 2 is 1.70 bits per heavy atom. The monoisotopic (exact) mass is 433 g/mol. The van der Waals surface area contributed by atoms with Crippen LogP contribution in [-0.2, 0) is 14.8 Å². The first-order chi connectivity index (χ1) is 14.2. The van der Waals surface area contributed by atoms with E-state index in [1.165, 1.54) is 16.4 Å². The summed E-state index contributed by atoms with van der Waals surface area (Å²) in [6.45, 7) is 4.58. The molecule has 1 saturated heterocycles. The van der Waals surface area contributed by atoms with E-state index in [2.05, 4.69) is 0 Å². The maximum Gasteiger partial charge on any atom is 0.269 e. The van der Waals surface area contributed by atoms with Crippen LogP contribution in [-0.4, -0.2) is 61.2 Å². The van der Waals surface area contributed by atoms with Gasteiger partial charge in [0.05, 0.1) is 9.82 Å². The third-order valence-electron chi connectivity index (χ3n) is 4.96. The van der Waals surface area contributed by atoms with Gasteiger partial charge in [0.1, 0.15) is 5.75 Å². The van der Waals surface area contributed by atoms with E-state index in [1.807, 2.05) is 32.0 Å². The molecule has 0 aromatic heterocycles. The Hall–Kier alpha value is -2.98. The van der Waals surface area contributed by atoms with Crippen molar-refractivity contribution >= 4 is 21.6 Å². The summed E-state index contributed by atoms with van der Waals surface area (Å²) in [5.74, 6) is 0.440. The van der Waals surface area contributed by atoms with Crippen LogP contribution < -0.4 is 4.74 Å². The topological polar surface area (TPSA) is 110 Å². The van der Waals surface area contributed by atoms with Crippen molar-refractivity contribution in [2.24, 2.45) is 0 Å². The van der Waals surface area contributed by atoms with Crippen LogP contribution in [0.3, 0.4) is 0 Å². The zero-order valence-electron chi connectivity index (χ0n) is 16.8. The summed E-state index contributed by atoms with van der Waals surface area (Å²) in [5, 5.41) is 10.7. The van der Waals surface area contributed by atoms with E-state index >= 15 is 0 Å². The van der Waals surface area contributed by atoms with Crippen LogP contribution in [0.15, 0.2) is 47.4 Å². The number of piperazine rings is 1. The van der Waals surface area contributed by atoms with E-state index in [0.717, 1.165) is 23.3 Å². The molecule has 1 amide bonds. The van der Waals surface area contributed by atoms with Gasteiger partial charge in [0.25, 0.3) is 11.6 Å². The van der Waals surface area contributed by atoms with E-state index in [0.29, 0.717) is 5.75 Å². The van der Waals surface area contributed by atoms with Crippen molar-refractivity contribution in [3.8, 4) is 5.75 Å². The minimum Gasteiger partial charge on any atom is -0.484 e. The van der Waals surface area contributed by atoms with Crippen molar-refractivity contribution in [2.45, 2.75) is 18.7 Å². The molecule has 0 atom stereocenters. The van der Waals surface area contributed by atoms with E-state index in [4.69, 9.17) is 4.74 Å². The van der Waals surface area contributed by atoms with Crippen molar-refractivity contribution in [3.05, 3.63) is 63.7 Å². The van der Waals surface area contributed by atoms with Crippen molar-refractivity contribution < 1.29 is 22.9 Å². The number of rotatable bonds is 6. The highest BCUT2D eigenvalue weighted by Gasteiger charge is 2.30. The third-order valence-corrected chi connectivity index (χ3v) is 6.87. The quantitative estimate of drug-likeness (QED) is 0.510. The minimum atomic E-state index is -3.78. The number of nitrogens with zero attached hydrogens (tertiary/aromatic N) is 3. The Bertz CT molecular complexity index is 1040. The molecule has 0 bridgehead atoms. The molecule has 0 spiro atoms. The number of benzene rings is 2. The normalized spacial score (nSPS) is 15.1.